The molecule has 1 amide bonds. The summed E-state index contributed by atoms with van der Waals surface area (Å²) in [6.45, 7) is 2.34. The maximum absolute atomic E-state index is 13.7. The fourth-order valence-corrected chi connectivity index (χ4v) is 3.60. The molecule has 4 rings (SSSR count). The van der Waals surface area contributed by atoms with Crippen LogP contribution in [-0.4, -0.2) is 12.5 Å². The normalized spacial score (nSPS) is 11.0. The van der Waals surface area contributed by atoms with Crippen LogP contribution >= 0.6 is 0 Å². The standard InChI is InChI=1S/C29H26N2O2/c1-2-33-29(31(26-19-11-5-12-20-26)27-21-13-6-14-22-27)23-28(32)30(24-15-7-3-8-16-24)25-17-9-4-10-18-25/h3-23H,2H2,1H3/b29-23+. The Kier molecular flexibility index (Phi) is 7.18. The smallest absolute Gasteiger partial charge is 0.260 e. The molecule has 0 spiro atoms. The van der Waals surface area contributed by atoms with Crippen molar-refractivity contribution < 1.29 is 9.53 Å². The molecule has 4 heteroatoms. The molecule has 0 fully saturated rings. The first kappa shape index (κ1) is 21.9. The van der Waals surface area contributed by atoms with Crippen LogP contribution in [-0.2, 0) is 9.53 Å². The van der Waals surface area contributed by atoms with Crippen molar-refractivity contribution in [3.05, 3.63) is 133 Å². The van der Waals surface area contributed by atoms with Crippen LogP contribution in [0.25, 0.3) is 0 Å². The van der Waals surface area contributed by atoms with Crippen LogP contribution in [0.1, 0.15) is 6.92 Å². The minimum Gasteiger partial charge on any atom is -0.479 e. The highest BCUT2D eigenvalue weighted by molar-refractivity contribution is 6.07. The molecule has 0 aliphatic carbocycles. The van der Waals surface area contributed by atoms with Gasteiger partial charge >= 0.3 is 0 Å². The van der Waals surface area contributed by atoms with Gasteiger partial charge in [0.25, 0.3) is 5.91 Å². The second kappa shape index (κ2) is 10.8. The molecule has 0 aromatic heterocycles. The molecule has 0 radical (unpaired) electrons. The predicted molar refractivity (Wildman–Crippen MR) is 135 cm³/mol. The lowest BCUT2D eigenvalue weighted by Gasteiger charge is -2.28. The van der Waals surface area contributed by atoms with Gasteiger partial charge in [0.05, 0.1) is 12.7 Å². The second-order valence-electron chi connectivity index (χ2n) is 7.27. The second-order valence-corrected chi connectivity index (χ2v) is 7.27. The Hall–Kier alpha value is -4.31. The van der Waals surface area contributed by atoms with E-state index in [0.29, 0.717) is 12.5 Å². The molecule has 0 heterocycles. The van der Waals surface area contributed by atoms with Crippen molar-refractivity contribution in [2.75, 3.05) is 16.4 Å². The van der Waals surface area contributed by atoms with Gasteiger partial charge in [-0.3, -0.25) is 14.6 Å². The number of benzene rings is 4. The lowest BCUT2D eigenvalue weighted by atomic mass is 10.2. The molecule has 0 atom stereocenters. The average Bonchev–Trinajstić information content (AvgIpc) is 2.87. The minimum absolute atomic E-state index is 0.201. The number of rotatable bonds is 8. The quantitative estimate of drug-likeness (QED) is 0.220. The summed E-state index contributed by atoms with van der Waals surface area (Å²) in [5, 5.41) is 0. The van der Waals surface area contributed by atoms with Gasteiger partial charge in [0.1, 0.15) is 0 Å². The minimum atomic E-state index is -0.201. The number of para-hydroxylation sites is 4. The van der Waals surface area contributed by atoms with Crippen molar-refractivity contribution in [1.82, 2.24) is 0 Å². The van der Waals surface area contributed by atoms with Crippen LogP contribution in [0.3, 0.4) is 0 Å². The van der Waals surface area contributed by atoms with Crippen molar-refractivity contribution in [1.29, 1.82) is 0 Å². The largest absolute Gasteiger partial charge is 0.479 e. The van der Waals surface area contributed by atoms with E-state index in [4.69, 9.17) is 4.74 Å². The highest BCUT2D eigenvalue weighted by Crippen LogP contribution is 2.31. The zero-order valence-electron chi connectivity index (χ0n) is 18.5. The Morgan fingerprint density at radius 3 is 1.27 bits per heavy atom. The van der Waals surface area contributed by atoms with Gasteiger partial charge in [-0.25, -0.2) is 0 Å². The van der Waals surface area contributed by atoms with Crippen LogP contribution in [0.4, 0.5) is 22.7 Å². The number of amides is 1. The number of ether oxygens (including phenoxy) is 1. The fraction of sp³-hybridized carbons (Fsp3) is 0.0690. The lowest BCUT2D eigenvalue weighted by molar-refractivity contribution is -0.113. The molecule has 0 N–H and O–H groups in total. The van der Waals surface area contributed by atoms with Gasteiger partial charge in [-0.1, -0.05) is 72.8 Å². The number of carbonyl (C=O) groups is 1. The summed E-state index contributed by atoms with van der Waals surface area (Å²) in [5.74, 6) is 0.254. The van der Waals surface area contributed by atoms with Crippen molar-refractivity contribution in [2.45, 2.75) is 6.92 Å². The molecule has 0 saturated carbocycles. The molecule has 4 aromatic carbocycles. The first-order chi connectivity index (χ1) is 16.3. The first-order valence-electron chi connectivity index (χ1n) is 11.0. The van der Waals surface area contributed by atoms with Crippen LogP contribution in [0.2, 0.25) is 0 Å². The Bertz CT molecular complexity index is 1100. The van der Waals surface area contributed by atoms with Crippen LogP contribution in [0, 0.1) is 0 Å². The maximum atomic E-state index is 13.7. The van der Waals surface area contributed by atoms with E-state index in [1.165, 1.54) is 0 Å². The molecule has 0 unspecified atom stereocenters. The highest BCUT2D eigenvalue weighted by atomic mass is 16.5. The molecule has 0 saturated heterocycles. The topological polar surface area (TPSA) is 32.8 Å². The molecule has 0 bridgehead atoms. The van der Waals surface area contributed by atoms with Gasteiger partial charge < -0.3 is 4.74 Å². The van der Waals surface area contributed by atoms with E-state index in [9.17, 15) is 4.79 Å². The predicted octanol–water partition coefficient (Wildman–Crippen LogP) is 7.07. The van der Waals surface area contributed by atoms with Crippen molar-refractivity contribution in [2.24, 2.45) is 0 Å². The molecule has 33 heavy (non-hydrogen) atoms. The third kappa shape index (κ3) is 5.31. The van der Waals surface area contributed by atoms with Gasteiger partial charge in [-0.15, -0.1) is 0 Å². The van der Waals surface area contributed by atoms with Gasteiger partial charge in [-0.2, -0.15) is 0 Å². The maximum Gasteiger partial charge on any atom is 0.260 e. The van der Waals surface area contributed by atoms with E-state index >= 15 is 0 Å². The summed E-state index contributed by atoms with van der Waals surface area (Å²) in [7, 11) is 0. The first-order valence-corrected chi connectivity index (χ1v) is 11.0. The zero-order chi connectivity index (χ0) is 22.9. The van der Waals surface area contributed by atoms with Crippen LogP contribution in [0.5, 0.6) is 0 Å². The van der Waals surface area contributed by atoms with E-state index in [1.807, 2.05) is 133 Å². The fourth-order valence-electron chi connectivity index (χ4n) is 3.60. The van der Waals surface area contributed by atoms with E-state index in [-0.39, 0.29) is 5.91 Å². The summed E-state index contributed by atoms with van der Waals surface area (Å²) in [6, 6.07) is 39.0. The summed E-state index contributed by atoms with van der Waals surface area (Å²) in [6.07, 6.45) is 1.56. The highest BCUT2D eigenvalue weighted by Gasteiger charge is 2.21. The average molecular weight is 435 g/mol. The Labute approximate surface area is 195 Å². The molecule has 164 valence electrons. The zero-order valence-corrected chi connectivity index (χ0v) is 18.5. The lowest BCUT2D eigenvalue weighted by Crippen LogP contribution is -2.27. The molecule has 4 aromatic rings. The van der Waals surface area contributed by atoms with Gasteiger partial charge in [0.15, 0.2) is 0 Å². The monoisotopic (exact) mass is 434 g/mol. The summed E-state index contributed by atoms with van der Waals surface area (Å²) in [4.78, 5) is 17.4. The van der Waals surface area contributed by atoms with Crippen molar-refractivity contribution >= 4 is 28.7 Å². The summed E-state index contributed by atoms with van der Waals surface area (Å²) < 4.78 is 6.05. The Balaban J connectivity index is 1.81. The molecule has 4 nitrogen and oxygen atoms in total. The third-order valence-corrected chi connectivity index (χ3v) is 5.04. The number of anilines is 4. The number of carbonyl (C=O) groups excluding carboxylic acids is 1. The van der Waals surface area contributed by atoms with E-state index in [1.54, 1.807) is 11.0 Å². The van der Waals surface area contributed by atoms with Gasteiger partial charge in [0.2, 0.25) is 5.88 Å². The molecule has 0 aliphatic rings. The van der Waals surface area contributed by atoms with Gasteiger partial charge in [0, 0.05) is 22.7 Å². The summed E-state index contributed by atoms with van der Waals surface area (Å²) >= 11 is 0. The molecule has 0 aliphatic heterocycles. The SMILES string of the molecule is CCO/C(=C/C(=O)N(c1ccccc1)c1ccccc1)N(c1ccccc1)c1ccccc1. The van der Waals surface area contributed by atoms with E-state index in [2.05, 4.69) is 0 Å². The Morgan fingerprint density at radius 2 is 0.939 bits per heavy atom. The van der Waals surface area contributed by atoms with Crippen LogP contribution in [0.15, 0.2) is 133 Å². The van der Waals surface area contributed by atoms with Crippen molar-refractivity contribution in [3.63, 3.8) is 0 Å². The van der Waals surface area contributed by atoms with E-state index in [0.717, 1.165) is 22.7 Å². The van der Waals surface area contributed by atoms with Gasteiger partial charge in [-0.05, 0) is 55.5 Å². The molecular formula is C29H26N2O2. The molecular weight excluding hydrogens is 408 g/mol. The number of nitrogens with zero attached hydrogens (tertiary/aromatic N) is 2. The Morgan fingerprint density at radius 1 is 0.606 bits per heavy atom. The van der Waals surface area contributed by atoms with Crippen molar-refractivity contribution in [3.8, 4) is 0 Å². The number of hydrogen-bond acceptors (Lipinski definition) is 3. The van der Waals surface area contributed by atoms with E-state index < -0.39 is 0 Å². The van der Waals surface area contributed by atoms with Crippen LogP contribution < -0.4 is 9.80 Å². The third-order valence-electron chi connectivity index (χ3n) is 5.04. The summed E-state index contributed by atoms with van der Waals surface area (Å²) in [5.41, 5.74) is 3.38. The number of hydrogen-bond donors (Lipinski definition) is 0.